The van der Waals surface area contributed by atoms with E-state index in [0.29, 0.717) is 12.6 Å². The molecule has 18 heavy (non-hydrogen) atoms. The van der Waals surface area contributed by atoms with Gasteiger partial charge >= 0.3 is 12.0 Å². The minimum Gasteiger partial charge on any atom is -0.480 e. The maximum Gasteiger partial charge on any atom is 0.326 e. The summed E-state index contributed by atoms with van der Waals surface area (Å²) in [5.41, 5.74) is 0. The molecule has 0 aromatic carbocycles. The van der Waals surface area contributed by atoms with E-state index in [1.165, 1.54) is 18.9 Å². The quantitative estimate of drug-likeness (QED) is 0.549. The summed E-state index contributed by atoms with van der Waals surface area (Å²) in [6.45, 7) is 4.75. The van der Waals surface area contributed by atoms with E-state index in [-0.39, 0.29) is 6.42 Å². The molecule has 2 amide bonds. The number of hydrogen-bond acceptors (Lipinski definition) is 3. The van der Waals surface area contributed by atoms with Crippen LogP contribution in [0.2, 0.25) is 0 Å². The minimum atomic E-state index is -1.06. The van der Waals surface area contributed by atoms with Gasteiger partial charge in [-0.15, -0.1) is 6.58 Å². The third-order valence-corrected chi connectivity index (χ3v) is 2.93. The van der Waals surface area contributed by atoms with Crippen molar-refractivity contribution in [1.82, 2.24) is 15.5 Å². The number of carbonyl (C=O) groups is 2. The zero-order chi connectivity index (χ0) is 13.5. The predicted octanol–water partition coefficient (Wildman–Crippen LogP) is 0.409. The maximum atomic E-state index is 11.5. The third kappa shape index (κ3) is 5.18. The van der Waals surface area contributed by atoms with Crippen LogP contribution in [0, 0.1) is 0 Å². The maximum absolute atomic E-state index is 11.5. The number of nitrogens with zero attached hydrogens (tertiary/aromatic N) is 1. The number of urea groups is 1. The highest BCUT2D eigenvalue weighted by molar-refractivity contribution is 5.82. The highest BCUT2D eigenvalue weighted by Gasteiger charge is 2.25. The molecule has 0 aliphatic heterocycles. The number of carboxylic acids is 1. The molecule has 1 rings (SSSR count). The van der Waals surface area contributed by atoms with Crippen molar-refractivity contribution in [2.24, 2.45) is 0 Å². The number of rotatable bonds is 8. The van der Waals surface area contributed by atoms with Crippen LogP contribution in [-0.2, 0) is 4.79 Å². The Bertz CT molecular complexity index is 316. The molecule has 0 spiro atoms. The summed E-state index contributed by atoms with van der Waals surface area (Å²) in [7, 11) is 2.02. The summed E-state index contributed by atoms with van der Waals surface area (Å²) in [6, 6.07) is -0.709. The molecule has 0 saturated heterocycles. The van der Waals surface area contributed by atoms with E-state index in [0.717, 1.165) is 6.54 Å². The first-order chi connectivity index (χ1) is 8.54. The van der Waals surface area contributed by atoms with Crippen molar-refractivity contribution in [2.75, 3.05) is 20.1 Å². The van der Waals surface area contributed by atoms with Crippen LogP contribution in [-0.4, -0.2) is 54.2 Å². The lowest BCUT2D eigenvalue weighted by atomic mass is 10.2. The Morgan fingerprint density at radius 2 is 2.22 bits per heavy atom. The zero-order valence-electron chi connectivity index (χ0n) is 10.7. The molecule has 1 fully saturated rings. The van der Waals surface area contributed by atoms with Crippen LogP contribution in [0.4, 0.5) is 4.79 Å². The Hall–Kier alpha value is -1.56. The van der Waals surface area contributed by atoms with Gasteiger partial charge in [-0.1, -0.05) is 6.08 Å². The second-order valence-electron chi connectivity index (χ2n) is 4.53. The topological polar surface area (TPSA) is 81.7 Å². The van der Waals surface area contributed by atoms with Gasteiger partial charge in [0.15, 0.2) is 0 Å². The molecule has 0 heterocycles. The molecule has 0 radical (unpaired) electrons. The highest BCUT2D eigenvalue weighted by atomic mass is 16.4. The van der Waals surface area contributed by atoms with Gasteiger partial charge in [-0.2, -0.15) is 0 Å². The van der Waals surface area contributed by atoms with Crippen molar-refractivity contribution < 1.29 is 14.7 Å². The van der Waals surface area contributed by atoms with Crippen molar-refractivity contribution in [2.45, 2.75) is 31.3 Å². The molecule has 6 heteroatoms. The van der Waals surface area contributed by atoms with Crippen molar-refractivity contribution in [1.29, 1.82) is 0 Å². The van der Waals surface area contributed by atoms with Crippen LogP contribution in [0.5, 0.6) is 0 Å². The van der Waals surface area contributed by atoms with Crippen LogP contribution in [0.15, 0.2) is 12.7 Å². The van der Waals surface area contributed by atoms with Crippen molar-refractivity contribution in [3.05, 3.63) is 12.7 Å². The molecule has 6 nitrogen and oxygen atoms in total. The standard InChI is InChI=1S/C12H21N3O3/c1-3-4-10(11(16)17)14-12(18)13-7-8-15(2)9-5-6-9/h3,9-10H,1,4-8H2,2H3,(H,16,17)(H2,13,14,18). The molecule has 102 valence electrons. The Morgan fingerprint density at radius 1 is 1.56 bits per heavy atom. The lowest BCUT2D eigenvalue weighted by Gasteiger charge is -2.17. The van der Waals surface area contributed by atoms with Gasteiger partial charge in [0.1, 0.15) is 6.04 Å². The summed E-state index contributed by atoms with van der Waals surface area (Å²) in [4.78, 5) is 24.5. The first-order valence-electron chi connectivity index (χ1n) is 6.13. The van der Waals surface area contributed by atoms with E-state index in [4.69, 9.17) is 5.11 Å². The fourth-order valence-corrected chi connectivity index (χ4v) is 1.64. The van der Waals surface area contributed by atoms with E-state index in [1.54, 1.807) is 0 Å². The average Bonchev–Trinajstić information content (AvgIpc) is 3.11. The zero-order valence-corrected chi connectivity index (χ0v) is 10.7. The molecule has 1 atom stereocenters. The van der Waals surface area contributed by atoms with Crippen molar-refractivity contribution in [3.63, 3.8) is 0 Å². The molecule has 1 unspecified atom stereocenters. The first-order valence-corrected chi connectivity index (χ1v) is 6.13. The van der Waals surface area contributed by atoms with Gasteiger partial charge < -0.3 is 20.6 Å². The summed E-state index contributed by atoms with van der Waals surface area (Å²) >= 11 is 0. The van der Waals surface area contributed by atoms with Gasteiger partial charge in [0.05, 0.1) is 0 Å². The monoisotopic (exact) mass is 255 g/mol. The second kappa shape index (κ2) is 7.00. The number of amides is 2. The minimum absolute atomic E-state index is 0.213. The lowest BCUT2D eigenvalue weighted by Crippen LogP contribution is -2.47. The van der Waals surface area contributed by atoms with E-state index in [2.05, 4.69) is 22.1 Å². The van der Waals surface area contributed by atoms with Gasteiger partial charge in [-0.25, -0.2) is 9.59 Å². The van der Waals surface area contributed by atoms with E-state index < -0.39 is 18.0 Å². The van der Waals surface area contributed by atoms with Crippen molar-refractivity contribution >= 4 is 12.0 Å². The van der Waals surface area contributed by atoms with Crippen LogP contribution in [0.1, 0.15) is 19.3 Å². The number of likely N-dealkylation sites (N-methyl/N-ethyl adjacent to an activating group) is 1. The van der Waals surface area contributed by atoms with Gasteiger partial charge in [-0.3, -0.25) is 0 Å². The third-order valence-electron chi connectivity index (χ3n) is 2.93. The molecule has 1 aliphatic rings. The summed E-state index contributed by atoms with van der Waals surface area (Å²) < 4.78 is 0. The number of carboxylic acid groups (broad SMARTS) is 1. The molecular weight excluding hydrogens is 234 g/mol. The van der Waals surface area contributed by atoms with E-state index in [9.17, 15) is 9.59 Å². The molecule has 1 aliphatic carbocycles. The fourth-order valence-electron chi connectivity index (χ4n) is 1.64. The Balaban J connectivity index is 2.18. The summed E-state index contributed by atoms with van der Waals surface area (Å²) in [5, 5.41) is 13.9. The molecule has 0 bridgehead atoms. The second-order valence-corrected chi connectivity index (χ2v) is 4.53. The van der Waals surface area contributed by atoms with Crippen LogP contribution < -0.4 is 10.6 Å². The largest absolute Gasteiger partial charge is 0.480 e. The normalized spacial score (nSPS) is 16.1. The highest BCUT2D eigenvalue weighted by Crippen LogP contribution is 2.24. The molecule has 0 aromatic rings. The number of aliphatic carboxylic acids is 1. The number of hydrogen-bond donors (Lipinski definition) is 3. The van der Waals surface area contributed by atoms with Crippen LogP contribution >= 0.6 is 0 Å². The predicted molar refractivity (Wildman–Crippen MR) is 68.4 cm³/mol. The van der Waals surface area contributed by atoms with Crippen LogP contribution in [0.3, 0.4) is 0 Å². The molecule has 0 aromatic heterocycles. The number of nitrogens with one attached hydrogen (secondary N) is 2. The Labute approximate surface area is 107 Å². The van der Waals surface area contributed by atoms with Gasteiger partial charge in [0.2, 0.25) is 0 Å². The summed E-state index contributed by atoms with van der Waals surface area (Å²) in [5.74, 6) is -1.06. The smallest absolute Gasteiger partial charge is 0.326 e. The molecule has 1 saturated carbocycles. The number of carbonyl (C=O) groups excluding carboxylic acids is 1. The van der Waals surface area contributed by atoms with Gasteiger partial charge in [0, 0.05) is 19.1 Å². The fraction of sp³-hybridized carbons (Fsp3) is 0.667. The SMILES string of the molecule is C=CCC(NC(=O)NCCN(C)C1CC1)C(=O)O. The van der Waals surface area contributed by atoms with Gasteiger partial charge in [-0.05, 0) is 26.3 Å². The van der Waals surface area contributed by atoms with E-state index in [1.807, 2.05) is 7.05 Å². The Kier molecular flexibility index (Phi) is 5.64. The first kappa shape index (κ1) is 14.5. The Morgan fingerprint density at radius 3 is 2.72 bits per heavy atom. The lowest BCUT2D eigenvalue weighted by molar-refractivity contribution is -0.139. The summed E-state index contributed by atoms with van der Waals surface area (Å²) in [6.07, 6.45) is 4.14. The molecular formula is C12H21N3O3. The van der Waals surface area contributed by atoms with Gasteiger partial charge in [0.25, 0.3) is 0 Å². The molecule has 3 N–H and O–H groups in total. The van der Waals surface area contributed by atoms with Crippen LogP contribution in [0.25, 0.3) is 0 Å². The van der Waals surface area contributed by atoms with E-state index >= 15 is 0 Å². The average molecular weight is 255 g/mol. The van der Waals surface area contributed by atoms with Crippen molar-refractivity contribution in [3.8, 4) is 0 Å².